The summed E-state index contributed by atoms with van der Waals surface area (Å²) < 4.78 is 42.1. The van der Waals surface area contributed by atoms with E-state index in [1.165, 1.54) is 6.20 Å². The van der Waals surface area contributed by atoms with Crippen molar-refractivity contribution in [3.05, 3.63) is 18.0 Å². The molecule has 3 N–H and O–H groups in total. The van der Waals surface area contributed by atoms with E-state index in [-0.39, 0.29) is 29.5 Å². The number of hydrogen-bond donors (Lipinski definition) is 3. The summed E-state index contributed by atoms with van der Waals surface area (Å²) in [6, 6.07) is -0.141. The summed E-state index contributed by atoms with van der Waals surface area (Å²) in [7, 11) is 0. The summed E-state index contributed by atoms with van der Waals surface area (Å²) in [5, 5.41) is 19.0. The van der Waals surface area contributed by atoms with Crippen molar-refractivity contribution in [2.45, 2.75) is 62.3 Å². The summed E-state index contributed by atoms with van der Waals surface area (Å²) >= 11 is 0. The number of halogens is 3. The van der Waals surface area contributed by atoms with Crippen molar-refractivity contribution < 1.29 is 27.8 Å². The molecule has 0 saturated heterocycles. The van der Waals surface area contributed by atoms with E-state index in [0.717, 1.165) is 31.2 Å². The smallest absolute Gasteiger partial charge is 0.422 e. The van der Waals surface area contributed by atoms with Crippen LogP contribution in [0.4, 0.5) is 30.6 Å². The average molecular weight is 438 g/mol. The number of carbonyl (C=O) groups excluding carboxylic acids is 1. The Bertz CT molecular complexity index is 1010. The molecule has 0 bridgehead atoms. The van der Waals surface area contributed by atoms with Crippen molar-refractivity contribution in [1.29, 1.82) is 0 Å². The van der Waals surface area contributed by atoms with Crippen LogP contribution in [0.5, 0.6) is 5.88 Å². The fourth-order valence-corrected chi connectivity index (χ4v) is 4.46. The van der Waals surface area contributed by atoms with Crippen LogP contribution in [-0.4, -0.2) is 56.1 Å². The quantitative estimate of drug-likeness (QED) is 0.657. The molecular formula is C19H21F3N6O3. The summed E-state index contributed by atoms with van der Waals surface area (Å²) in [6.45, 7) is -1.47. The first-order chi connectivity index (χ1) is 14.8. The normalized spacial score (nSPS) is 24.4. The molecule has 2 fully saturated rings. The van der Waals surface area contributed by atoms with Crippen LogP contribution >= 0.6 is 0 Å². The third kappa shape index (κ3) is 3.58. The minimum absolute atomic E-state index is 0.00874. The molecule has 1 spiro atoms. The maximum absolute atomic E-state index is 13.2. The highest BCUT2D eigenvalue weighted by Crippen LogP contribution is 2.57. The lowest BCUT2D eigenvalue weighted by molar-refractivity contribution is -0.154. The van der Waals surface area contributed by atoms with Crippen LogP contribution in [0.25, 0.3) is 0 Å². The first-order valence-electron chi connectivity index (χ1n) is 10.2. The molecule has 2 saturated carbocycles. The number of H-pyrrole nitrogens is 1. The molecule has 3 aliphatic rings. The van der Waals surface area contributed by atoms with Crippen molar-refractivity contribution >= 4 is 23.4 Å². The summed E-state index contributed by atoms with van der Waals surface area (Å²) in [5.41, 5.74) is 0.338. The third-order valence-corrected chi connectivity index (χ3v) is 6.11. The van der Waals surface area contributed by atoms with E-state index in [1.54, 1.807) is 11.1 Å². The zero-order valence-electron chi connectivity index (χ0n) is 16.4. The number of aromatic amines is 1. The monoisotopic (exact) mass is 438 g/mol. The van der Waals surface area contributed by atoms with E-state index in [9.17, 15) is 23.1 Å². The van der Waals surface area contributed by atoms with Crippen LogP contribution in [0.2, 0.25) is 0 Å². The lowest BCUT2D eigenvalue weighted by Gasteiger charge is -2.33. The molecule has 12 heteroatoms. The molecule has 9 nitrogen and oxygen atoms in total. The maximum atomic E-state index is 13.2. The van der Waals surface area contributed by atoms with Gasteiger partial charge in [0.25, 0.3) is 0 Å². The number of carbonyl (C=O) groups is 1. The number of nitrogens with one attached hydrogen (secondary N) is 2. The van der Waals surface area contributed by atoms with E-state index in [2.05, 4.69) is 25.5 Å². The van der Waals surface area contributed by atoms with Gasteiger partial charge in [0.05, 0.1) is 17.7 Å². The minimum Gasteiger partial charge on any atom is -0.467 e. The lowest BCUT2D eigenvalue weighted by atomic mass is 9.92. The third-order valence-electron chi connectivity index (χ3n) is 6.11. The van der Waals surface area contributed by atoms with Gasteiger partial charge in [-0.3, -0.25) is 9.69 Å². The van der Waals surface area contributed by atoms with Crippen LogP contribution in [0.15, 0.2) is 12.4 Å². The van der Waals surface area contributed by atoms with Gasteiger partial charge in [-0.1, -0.05) is 0 Å². The number of aromatic nitrogens is 4. The Kier molecular flexibility index (Phi) is 4.57. The molecule has 0 aromatic carbocycles. The average Bonchev–Trinajstić information content (AvgIpc) is 3.33. The number of amides is 1. The molecule has 5 rings (SSSR count). The fraction of sp³-hybridized carbons (Fsp3) is 0.579. The van der Waals surface area contributed by atoms with E-state index < -0.39 is 24.3 Å². The Morgan fingerprint density at radius 1 is 1.32 bits per heavy atom. The number of aliphatic hydroxyl groups is 1. The van der Waals surface area contributed by atoms with Gasteiger partial charge in [-0.15, -0.1) is 0 Å². The molecule has 2 atom stereocenters. The van der Waals surface area contributed by atoms with Crippen molar-refractivity contribution in [2.24, 2.45) is 0 Å². The van der Waals surface area contributed by atoms with E-state index >= 15 is 0 Å². The molecule has 1 aliphatic heterocycles. The number of alkyl halides is 3. The van der Waals surface area contributed by atoms with Gasteiger partial charge in [0, 0.05) is 17.8 Å². The first-order valence-corrected chi connectivity index (χ1v) is 10.2. The number of nitrogens with zero attached hydrogens (tertiary/aromatic N) is 4. The van der Waals surface area contributed by atoms with E-state index in [4.69, 9.17) is 4.74 Å². The van der Waals surface area contributed by atoms with E-state index in [0.29, 0.717) is 18.7 Å². The van der Waals surface area contributed by atoms with Gasteiger partial charge in [0.1, 0.15) is 11.5 Å². The van der Waals surface area contributed by atoms with Crippen molar-refractivity contribution in [2.75, 3.05) is 16.8 Å². The molecule has 0 radical (unpaired) electrons. The fourth-order valence-electron chi connectivity index (χ4n) is 4.46. The highest BCUT2D eigenvalue weighted by Gasteiger charge is 2.61. The molecule has 0 unspecified atom stereocenters. The molecule has 2 aliphatic carbocycles. The molecular weight excluding hydrogens is 417 g/mol. The predicted molar refractivity (Wildman–Crippen MR) is 102 cm³/mol. The Labute approximate surface area is 175 Å². The number of aliphatic hydroxyl groups excluding tert-OH is 1. The Morgan fingerprint density at radius 2 is 2.13 bits per heavy atom. The number of rotatable bonds is 5. The van der Waals surface area contributed by atoms with Crippen LogP contribution in [0.1, 0.15) is 44.1 Å². The highest BCUT2D eigenvalue weighted by molar-refractivity contribution is 6.09. The molecule has 1 amide bonds. The zero-order valence-corrected chi connectivity index (χ0v) is 16.4. The SMILES string of the molecule is O=C1N([C@@H]2CCC[C@@H](O)C2)c2nc(Nc3cn[nH]c3OCC(F)(F)F)ncc2C12CC2. The number of hydrogen-bond acceptors (Lipinski definition) is 7. The van der Waals surface area contributed by atoms with Gasteiger partial charge in [0.2, 0.25) is 17.7 Å². The molecule has 3 heterocycles. The molecule has 2 aromatic rings. The van der Waals surface area contributed by atoms with Gasteiger partial charge in [-0.25, -0.2) is 10.1 Å². The zero-order chi connectivity index (χ0) is 21.8. The number of fused-ring (bicyclic) bond motifs is 2. The van der Waals surface area contributed by atoms with Gasteiger partial charge < -0.3 is 15.2 Å². The van der Waals surface area contributed by atoms with E-state index in [1.807, 2.05) is 0 Å². The van der Waals surface area contributed by atoms with Crippen LogP contribution < -0.4 is 15.0 Å². The van der Waals surface area contributed by atoms with Crippen LogP contribution in [0.3, 0.4) is 0 Å². The lowest BCUT2D eigenvalue weighted by Crippen LogP contribution is -2.44. The first kappa shape index (κ1) is 20.0. The highest BCUT2D eigenvalue weighted by atomic mass is 19.4. The van der Waals surface area contributed by atoms with Gasteiger partial charge in [-0.2, -0.15) is 23.3 Å². The van der Waals surface area contributed by atoms with Crippen LogP contribution in [0, 0.1) is 0 Å². The Balaban J connectivity index is 1.42. The van der Waals surface area contributed by atoms with Crippen LogP contribution in [-0.2, 0) is 10.2 Å². The predicted octanol–water partition coefficient (Wildman–Crippen LogP) is 2.57. The summed E-state index contributed by atoms with van der Waals surface area (Å²) in [5.74, 6) is 0.415. The van der Waals surface area contributed by atoms with Crippen molar-refractivity contribution in [3.63, 3.8) is 0 Å². The van der Waals surface area contributed by atoms with Gasteiger partial charge >= 0.3 is 6.18 Å². The molecule has 166 valence electrons. The Morgan fingerprint density at radius 3 is 2.84 bits per heavy atom. The van der Waals surface area contributed by atoms with Crippen molar-refractivity contribution in [1.82, 2.24) is 20.2 Å². The summed E-state index contributed by atoms with van der Waals surface area (Å²) in [4.78, 5) is 23.7. The van der Waals surface area contributed by atoms with Gasteiger partial charge in [-0.05, 0) is 38.5 Å². The number of anilines is 3. The number of ether oxygens (including phenoxy) is 1. The molecule has 31 heavy (non-hydrogen) atoms. The summed E-state index contributed by atoms with van der Waals surface area (Å²) in [6.07, 6.45) is 2.21. The standard InChI is InChI=1S/C19H21F3N6O3/c20-19(21,22)9-31-15-13(8-24-27-15)25-17-23-7-12-14(26-17)28(16(30)18(12)4-5-18)10-2-1-3-11(29)6-10/h7-8,10-11,29H,1-6,9H2,(H,24,27)(H,23,25,26)/t10-,11-/m1/s1. The second-order valence-corrected chi connectivity index (χ2v) is 8.30. The second-order valence-electron chi connectivity index (χ2n) is 8.30. The Hall–Kier alpha value is -2.89. The minimum atomic E-state index is -4.49. The largest absolute Gasteiger partial charge is 0.467 e. The van der Waals surface area contributed by atoms with Gasteiger partial charge in [0.15, 0.2) is 6.61 Å². The topological polar surface area (TPSA) is 116 Å². The van der Waals surface area contributed by atoms with Crippen molar-refractivity contribution in [3.8, 4) is 5.88 Å². The maximum Gasteiger partial charge on any atom is 0.422 e. The second kappa shape index (κ2) is 7.08. The molecule has 2 aromatic heterocycles.